The smallest absolute Gasteiger partial charge is 0.162 e. The van der Waals surface area contributed by atoms with Gasteiger partial charge in [0, 0.05) is 39.1 Å². The molecule has 0 bridgehead atoms. The largest absolute Gasteiger partial charge is 0.394 e. The predicted molar refractivity (Wildman–Crippen MR) is 96.1 cm³/mol. The summed E-state index contributed by atoms with van der Waals surface area (Å²) in [4.78, 5) is 10.9. The van der Waals surface area contributed by atoms with Crippen molar-refractivity contribution in [1.29, 1.82) is 0 Å². The van der Waals surface area contributed by atoms with Crippen LogP contribution >= 0.6 is 0 Å². The molecular weight excluding hydrogens is 356 g/mol. The number of aldehydes is 1. The van der Waals surface area contributed by atoms with Crippen LogP contribution in [-0.2, 0) is 23.7 Å². The van der Waals surface area contributed by atoms with Crippen molar-refractivity contribution in [1.82, 2.24) is 0 Å². The van der Waals surface area contributed by atoms with Crippen molar-refractivity contribution in [3.8, 4) is 0 Å². The van der Waals surface area contributed by atoms with Crippen molar-refractivity contribution in [3.05, 3.63) is 0 Å². The number of rotatable bonds is 12. The molecule has 1 heterocycles. The molecule has 0 spiro atoms. The van der Waals surface area contributed by atoms with E-state index in [0.717, 1.165) is 19.1 Å². The molecule has 2 aliphatic rings. The topological polar surface area (TPSA) is 115 Å². The number of carbonyl (C=O) groups is 1. The maximum Gasteiger partial charge on any atom is 0.162 e. The van der Waals surface area contributed by atoms with E-state index >= 15 is 0 Å². The quantitative estimate of drug-likeness (QED) is 0.321. The fourth-order valence-corrected chi connectivity index (χ4v) is 4.08. The van der Waals surface area contributed by atoms with Gasteiger partial charge in [-0.2, -0.15) is 0 Å². The maximum absolute atomic E-state index is 10.9. The Morgan fingerprint density at radius 2 is 2.04 bits per heavy atom. The van der Waals surface area contributed by atoms with Crippen LogP contribution in [0.25, 0.3) is 0 Å². The number of hydrogen-bond acceptors (Lipinski definition) is 8. The third kappa shape index (κ3) is 6.74. The van der Waals surface area contributed by atoms with Gasteiger partial charge in [0.2, 0.25) is 0 Å². The van der Waals surface area contributed by atoms with E-state index in [2.05, 4.69) is 0 Å². The van der Waals surface area contributed by atoms with E-state index in [-0.39, 0.29) is 43.7 Å². The van der Waals surface area contributed by atoms with Crippen molar-refractivity contribution in [3.63, 3.8) is 0 Å². The zero-order valence-corrected chi connectivity index (χ0v) is 16.1. The van der Waals surface area contributed by atoms with E-state index in [9.17, 15) is 15.0 Å². The molecule has 6 atom stereocenters. The molecule has 158 valence electrons. The second kappa shape index (κ2) is 12.1. The highest BCUT2D eigenvalue weighted by atomic mass is 16.7. The van der Waals surface area contributed by atoms with Crippen molar-refractivity contribution in [2.75, 3.05) is 33.5 Å². The summed E-state index contributed by atoms with van der Waals surface area (Å²) >= 11 is 0. The third-order valence-electron chi connectivity index (χ3n) is 5.54. The van der Waals surface area contributed by atoms with Gasteiger partial charge in [0.05, 0.1) is 37.6 Å². The lowest BCUT2D eigenvalue weighted by Crippen LogP contribution is -2.40. The SMILES string of the molecule is CO[C@H](OCCC(O)CO)[C@H]1[C@H](CCC=O)[C@H](O)C[C@@H]1OC1CCOCC1. The van der Waals surface area contributed by atoms with Crippen molar-refractivity contribution in [2.24, 2.45) is 11.8 Å². The average molecular weight is 390 g/mol. The number of ether oxygens (including phenoxy) is 4. The van der Waals surface area contributed by atoms with Crippen molar-refractivity contribution < 1.29 is 39.1 Å². The van der Waals surface area contributed by atoms with E-state index < -0.39 is 18.5 Å². The number of hydrogen-bond donors (Lipinski definition) is 3. The van der Waals surface area contributed by atoms with Gasteiger partial charge in [-0.25, -0.2) is 0 Å². The first-order chi connectivity index (χ1) is 13.1. The lowest BCUT2D eigenvalue weighted by atomic mass is 9.88. The first-order valence-corrected chi connectivity index (χ1v) is 9.88. The highest BCUT2D eigenvalue weighted by Crippen LogP contribution is 2.41. The van der Waals surface area contributed by atoms with Gasteiger partial charge < -0.3 is 39.1 Å². The number of aliphatic hydroxyl groups excluding tert-OH is 3. The second-order valence-electron chi connectivity index (χ2n) is 7.37. The summed E-state index contributed by atoms with van der Waals surface area (Å²) in [6.45, 7) is 1.24. The monoisotopic (exact) mass is 390 g/mol. The Labute approximate surface area is 160 Å². The van der Waals surface area contributed by atoms with Gasteiger partial charge >= 0.3 is 0 Å². The minimum Gasteiger partial charge on any atom is -0.394 e. The van der Waals surface area contributed by atoms with Crippen LogP contribution in [0, 0.1) is 11.8 Å². The summed E-state index contributed by atoms with van der Waals surface area (Å²) in [7, 11) is 1.54. The lowest BCUT2D eigenvalue weighted by Gasteiger charge is -2.34. The first-order valence-electron chi connectivity index (χ1n) is 9.88. The molecule has 8 heteroatoms. The standard InChI is InChI=1S/C19H34O8/c1-24-19(26-10-4-13(22)12-21)18-15(3-2-7-20)16(23)11-17(18)27-14-5-8-25-9-6-14/h7,13-19,21-23H,2-6,8-12H2,1H3/t13?,15-,16-,17+,18+,19-/m1/s1. The summed E-state index contributed by atoms with van der Waals surface area (Å²) in [5.41, 5.74) is 0. The normalized spacial score (nSPS) is 31.7. The molecule has 1 saturated heterocycles. The molecule has 1 unspecified atom stereocenters. The highest BCUT2D eigenvalue weighted by molar-refractivity contribution is 5.49. The van der Waals surface area contributed by atoms with Crippen LogP contribution in [-0.4, -0.2) is 85.8 Å². The molecule has 0 radical (unpaired) electrons. The fourth-order valence-electron chi connectivity index (χ4n) is 4.08. The van der Waals surface area contributed by atoms with E-state index in [4.69, 9.17) is 24.1 Å². The molecule has 2 rings (SSSR count). The van der Waals surface area contributed by atoms with Crippen LogP contribution in [0.4, 0.5) is 0 Å². The van der Waals surface area contributed by atoms with Crippen molar-refractivity contribution in [2.45, 2.75) is 69.2 Å². The number of methoxy groups -OCH3 is 1. The van der Waals surface area contributed by atoms with Crippen LogP contribution in [0.2, 0.25) is 0 Å². The van der Waals surface area contributed by atoms with Crippen LogP contribution in [0.5, 0.6) is 0 Å². The van der Waals surface area contributed by atoms with Crippen LogP contribution in [0.1, 0.15) is 38.5 Å². The number of aliphatic hydroxyl groups is 3. The summed E-state index contributed by atoms with van der Waals surface area (Å²) < 4.78 is 23.1. The Bertz CT molecular complexity index is 415. The molecule has 0 aromatic rings. The van der Waals surface area contributed by atoms with Gasteiger partial charge in [-0.15, -0.1) is 0 Å². The minimum atomic E-state index is -0.836. The van der Waals surface area contributed by atoms with Gasteiger partial charge in [0.15, 0.2) is 6.29 Å². The number of carbonyl (C=O) groups excluding carboxylic acids is 1. The summed E-state index contributed by atoms with van der Waals surface area (Å²) in [5, 5.41) is 29.0. The Kier molecular flexibility index (Phi) is 10.1. The lowest BCUT2D eigenvalue weighted by molar-refractivity contribution is -0.199. The van der Waals surface area contributed by atoms with Crippen molar-refractivity contribution >= 4 is 6.29 Å². The molecule has 0 amide bonds. The molecule has 2 fully saturated rings. The Balaban J connectivity index is 2.04. The fraction of sp³-hybridized carbons (Fsp3) is 0.947. The van der Waals surface area contributed by atoms with Crippen LogP contribution in [0.3, 0.4) is 0 Å². The molecule has 0 aromatic heterocycles. The minimum absolute atomic E-state index is 0.0805. The summed E-state index contributed by atoms with van der Waals surface area (Å²) in [5.74, 6) is -0.369. The van der Waals surface area contributed by atoms with E-state index in [1.54, 1.807) is 7.11 Å². The van der Waals surface area contributed by atoms with Gasteiger partial charge in [0.1, 0.15) is 6.29 Å². The summed E-state index contributed by atoms with van der Waals surface area (Å²) in [6, 6.07) is 0. The van der Waals surface area contributed by atoms with Crippen LogP contribution in [0.15, 0.2) is 0 Å². The van der Waals surface area contributed by atoms with E-state index in [0.29, 0.717) is 32.5 Å². The van der Waals surface area contributed by atoms with E-state index in [1.807, 2.05) is 0 Å². The summed E-state index contributed by atoms with van der Waals surface area (Å²) in [6.07, 6.45) is 1.99. The molecule has 8 nitrogen and oxygen atoms in total. The van der Waals surface area contributed by atoms with Gasteiger partial charge in [-0.05, 0) is 31.6 Å². The molecule has 27 heavy (non-hydrogen) atoms. The molecule has 1 saturated carbocycles. The molecule has 0 aromatic carbocycles. The van der Waals surface area contributed by atoms with Gasteiger partial charge in [-0.3, -0.25) is 0 Å². The predicted octanol–water partition coefficient (Wildman–Crippen LogP) is 0.259. The molecule has 1 aliphatic carbocycles. The highest BCUT2D eigenvalue weighted by Gasteiger charge is 2.48. The Hall–Kier alpha value is -0.610. The Morgan fingerprint density at radius 1 is 1.30 bits per heavy atom. The molecule has 3 N–H and O–H groups in total. The third-order valence-corrected chi connectivity index (χ3v) is 5.54. The van der Waals surface area contributed by atoms with Gasteiger partial charge in [0.25, 0.3) is 0 Å². The molecule has 1 aliphatic heterocycles. The van der Waals surface area contributed by atoms with Gasteiger partial charge in [-0.1, -0.05) is 0 Å². The second-order valence-corrected chi connectivity index (χ2v) is 7.37. The first kappa shape index (κ1) is 22.7. The maximum atomic E-state index is 10.9. The molecular formula is C19H34O8. The Morgan fingerprint density at radius 3 is 2.67 bits per heavy atom. The zero-order chi connectivity index (χ0) is 19.6. The zero-order valence-electron chi connectivity index (χ0n) is 16.1. The van der Waals surface area contributed by atoms with Crippen LogP contribution < -0.4 is 0 Å². The van der Waals surface area contributed by atoms with E-state index in [1.165, 1.54) is 0 Å². The average Bonchev–Trinajstić information content (AvgIpc) is 2.99.